The summed E-state index contributed by atoms with van der Waals surface area (Å²) in [6.07, 6.45) is 1.26. The van der Waals surface area contributed by atoms with E-state index in [2.05, 4.69) is 17.1 Å². The first-order valence-electron chi connectivity index (χ1n) is 6.54. The van der Waals surface area contributed by atoms with Crippen molar-refractivity contribution in [1.29, 1.82) is 0 Å². The second-order valence-electron chi connectivity index (χ2n) is 5.33. The minimum Gasteiger partial charge on any atom is -0.367 e. The maximum atomic E-state index is 11.2. The van der Waals surface area contributed by atoms with Gasteiger partial charge in [-0.1, -0.05) is 0 Å². The van der Waals surface area contributed by atoms with Crippen LogP contribution in [0.5, 0.6) is 0 Å². The number of amides is 1. The zero-order valence-corrected chi connectivity index (χ0v) is 10.6. The van der Waals surface area contributed by atoms with Gasteiger partial charge < -0.3 is 16.0 Å². The second kappa shape index (κ2) is 4.28. The molecule has 0 saturated carbocycles. The minimum atomic E-state index is -0.355. The van der Waals surface area contributed by atoms with E-state index >= 15 is 0 Å². The molecule has 0 aromatic heterocycles. The Morgan fingerprint density at radius 2 is 2.28 bits per heavy atom. The topological polar surface area (TPSA) is 58.4 Å². The van der Waals surface area contributed by atoms with Crippen LogP contribution in [-0.4, -0.2) is 31.6 Å². The third kappa shape index (κ3) is 1.77. The Morgan fingerprint density at radius 3 is 3.00 bits per heavy atom. The van der Waals surface area contributed by atoms with E-state index in [1.807, 2.05) is 18.2 Å². The summed E-state index contributed by atoms with van der Waals surface area (Å²) in [5, 5.41) is 3.46. The molecular weight excluding hydrogens is 226 g/mol. The molecule has 2 heterocycles. The van der Waals surface area contributed by atoms with Gasteiger partial charge in [-0.25, -0.2) is 0 Å². The number of benzene rings is 1. The Balaban J connectivity index is 1.90. The molecule has 2 fully saturated rings. The van der Waals surface area contributed by atoms with Crippen molar-refractivity contribution in [1.82, 2.24) is 5.32 Å². The summed E-state index contributed by atoms with van der Waals surface area (Å²) in [7, 11) is 0. The number of hydrogen-bond donors (Lipinski definition) is 2. The molecule has 2 aliphatic rings. The van der Waals surface area contributed by atoms with Crippen molar-refractivity contribution < 1.29 is 4.79 Å². The third-order valence-corrected chi connectivity index (χ3v) is 4.24. The number of hydrogen-bond acceptors (Lipinski definition) is 3. The normalized spacial score (nSPS) is 26.4. The molecule has 4 heteroatoms. The summed E-state index contributed by atoms with van der Waals surface area (Å²) in [5.74, 6) is 0.423. The van der Waals surface area contributed by atoms with E-state index in [4.69, 9.17) is 5.73 Å². The van der Waals surface area contributed by atoms with Crippen molar-refractivity contribution in [2.75, 3.05) is 24.5 Å². The van der Waals surface area contributed by atoms with E-state index in [1.54, 1.807) is 0 Å². The SMILES string of the molecule is Cc1cc(C(N)=O)ccc1N1CC[C@H]2CNC[C@H]21. The molecule has 2 aliphatic heterocycles. The first kappa shape index (κ1) is 11.5. The highest BCUT2D eigenvalue weighted by Gasteiger charge is 2.37. The van der Waals surface area contributed by atoms with Crippen molar-refractivity contribution in [2.45, 2.75) is 19.4 Å². The zero-order chi connectivity index (χ0) is 12.7. The van der Waals surface area contributed by atoms with Crippen LogP contribution in [0.25, 0.3) is 0 Å². The number of nitrogens with zero attached hydrogens (tertiary/aromatic N) is 1. The van der Waals surface area contributed by atoms with Gasteiger partial charge in [0.2, 0.25) is 5.91 Å². The molecule has 1 amide bonds. The molecule has 3 N–H and O–H groups in total. The Morgan fingerprint density at radius 1 is 1.44 bits per heavy atom. The van der Waals surface area contributed by atoms with Crippen LogP contribution in [0.4, 0.5) is 5.69 Å². The molecule has 1 aromatic carbocycles. The highest BCUT2D eigenvalue weighted by atomic mass is 16.1. The molecular formula is C14H19N3O. The van der Waals surface area contributed by atoms with Crippen LogP contribution in [0.15, 0.2) is 18.2 Å². The lowest BCUT2D eigenvalue weighted by Crippen LogP contribution is -2.34. The number of carbonyl (C=O) groups is 1. The average molecular weight is 245 g/mol. The number of fused-ring (bicyclic) bond motifs is 1. The molecule has 0 bridgehead atoms. The molecule has 3 rings (SSSR count). The quantitative estimate of drug-likeness (QED) is 0.813. The maximum Gasteiger partial charge on any atom is 0.248 e. The van der Waals surface area contributed by atoms with Crippen LogP contribution in [0.2, 0.25) is 0 Å². The fraction of sp³-hybridized carbons (Fsp3) is 0.500. The van der Waals surface area contributed by atoms with Gasteiger partial charge in [0.25, 0.3) is 0 Å². The van der Waals surface area contributed by atoms with Crippen LogP contribution in [0.1, 0.15) is 22.3 Å². The fourth-order valence-corrected chi connectivity index (χ4v) is 3.28. The standard InChI is InChI=1S/C14H19N3O/c1-9-6-10(14(15)18)2-3-12(9)17-5-4-11-7-16-8-13(11)17/h2-3,6,11,13,16H,4-5,7-8H2,1H3,(H2,15,18)/t11-,13+/m0/s1. The molecule has 0 spiro atoms. The van der Waals surface area contributed by atoms with Crippen LogP contribution in [0.3, 0.4) is 0 Å². The van der Waals surface area contributed by atoms with Gasteiger partial charge in [-0.05, 0) is 43.0 Å². The highest BCUT2D eigenvalue weighted by molar-refractivity contribution is 5.93. The van der Waals surface area contributed by atoms with Crippen LogP contribution < -0.4 is 16.0 Å². The van der Waals surface area contributed by atoms with Crippen LogP contribution >= 0.6 is 0 Å². The molecule has 0 unspecified atom stereocenters. The number of aryl methyl sites for hydroxylation is 1. The van der Waals surface area contributed by atoms with E-state index in [9.17, 15) is 4.79 Å². The number of nitrogens with one attached hydrogen (secondary N) is 1. The summed E-state index contributed by atoms with van der Waals surface area (Å²) >= 11 is 0. The lowest BCUT2D eigenvalue weighted by Gasteiger charge is -2.27. The summed E-state index contributed by atoms with van der Waals surface area (Å²) < 4.78 is 0. The number of primary amides is 1. The Labute approximate surface area is 107 Å². The van der Waals surface area contributed by atoms with Crippen molar-refractivity contribution in [3.63, 3.8) is 0 Å². The monoisotopic (exact) mass is 245 g/mol. The van der Waals surface area contributed by atoms with Crippen LogP contribution in [-0.2, 0) is 0 Å². The molecule has 2 atom stereocenters. The summed E-state index contributed by atoms with van der Waals surface area (Å²) in [4.78, 5) is 13.6. The highest BCUT2D eigenvalue weighted by Crippen LogP contribution is 2.33. The molecule has 96 valence electrons. The van der Waals surface area contributed by atoms with E-state index in [-0.39, 0.29) is 5.91 Å². The zero-order valence-electron chi connectivity index (χ0n) is 10.6. The Bertz CT molecular complexity index is 486. The Hall–Kier alpha value is -1.55. The van der Waals surface area contributed by atoms with Crippen molar-refractivity contribution >= 4 is 11.6 Å². The van der Waals surface area contributed by atoms with Crippen molar-refractivity contribution in [3.05, 3.63) is 29.3 Å². The predicted octanol–water partition coefficient (Wildman–Crippen LogP) is 0.892. The smallest absolute Gasteiger partial charge is 0.248 e. The molecule has 0 aliphatic carbocycles. The summed E-state index contributed by atoms with van der Waals surface area (Å²) in [6, 6.07) is 6.38. The lowest BCUT2D eigenvalue weighted by atomic mass is 10.0. The summed E-state index contributed by atoms with van der Waals surface area (Å²) in [5.41, 5.74) is 8.29. The van der Waals surface area contributed by atoms with E-state index in [0.717, 1.165) is 31.1 Å². The molecule has 18 heavy (non-hydrogen) atoms. The van der Waals surface area contributed by atoms with Gasteiger partial charge in [-0.15, -0.1) is 0 Å². The molecule has 4 nitrogen and oxygen atoms in total. The predicted molar refractivity (Wildman–Crippen MR) is 71.8 cm³/mol. The van der Waals surface area contributed by atoms with Crippen molar-refractivity contribution in [2.24, 2.45) is 11.7 Å². The lowest BCUT2D eigenvalue weighted by molar-refractivity contribution is 0.1000. The maximum absolute atomic E-state index is 11.2. The van der Waals surface area contributed by atoms with Gasteiger partial charge in [0.05, 0.1) is 0 Å². The largest absolute Gasteiger partial charge is 0.367 e. The van der Waals surface area contributed by atoms with Gasteiger partial charge in [-0.2, -0.15) is 0 Å². The van der Waals surface area contributed by atoms with Gasteiger partial charge >= 0.3 is 0 Å². The first-order chi connectivity index (χ1) is 8.66. The third-order valence-electron chi connectivity index (χ3n) is 4.24. The van der Waals surface area contributed by atoms with Gasteiger partial charge in [0.1, 0.15) is 0 Å². The van der Waals surface area contributed by atoms with Gasteiger partial charge in [-0.3, -0.25) is 4.79 Å². The molecule has 2 saturated heterocycles. The minimum absolute atomic E-state index is 0.355. The van der Waals surface area contributed by atoms with Gasteiger partial charge in [0, 0.05) is 36.9 Å². The summed E-state index contributed by atoms with van der Waals surface area (Å²) in [6.45, 7) is 5.38. The number of rotatable bonds is 2. The average Bonchev–Trinajstić information content (AvgIpc) is 2.91. The van der Waals surface area contributed by atoms with Crippen LogP contribution in [0, 0.1) is 12.8 Å². The van der Waals surface area contributed by atoms with E-state index in [1.165, 1.54) is 12.1 Å². The molecule has 0 radical (unpaired) electrons. The number of carbonyl (C=O) groups excluding carboxylic acids is 1. The fourth-order valence-electron chi connectivity index (χ4n) is 3.28. The van der Waals surface area contributed by atoms with Crippen molar-refractivity contribution in [3.8, 4) is 0 Å². The first-order valence-corrected chi connectivity index (χ1v) is 6.54. The second-order valence-corrected chi connectivity index (χ2v) is 5.33. The van der Waals surface area contributed by atoms with E-state index < -0.39 is 0 Å². The van der Waals surface area contributed by atoms with E-state index in [0.29, 0.717) is 11.6 Å². The van der Waals surface area contributed by atoms with Gasteiger partial charge in [0.15, 0.2) is 0 Å². The number of nitrogens with two attached hydrogens (primary N) is 1. The number of anilines is 1. The Kier molecular flexibility index (Phi) is 2.74. The molecule has 1 aromatic rings.